The van der Waals surface area contributed by atoms with Crippen molar-refractivity contribution in [1.82, 2.24) is 16.0 Å². The quantitative estimate of drug-likeness (QED) is 0.493. The lowest BCUT2D eigenvalue weighted by molar-refractivity contribution is -0.139. The molecule has 0 aromatic heterocycles. The molecule has 0 rings (SSSR count). The molecule has 0 heterocycles. The van der Waals surface area contributed by atoms with E-state index in [1.165, 1.54) is 11.8 Å². The SMILES string of the molecule is CSCC[C@H](NC(=O)NCCC(=O)NC(C)C)C(=O)O. The summed E-state index contributed by atoms with van der Waals surface area (Å²) in [5.41, 5.74) is 0. The van der Waals surface area contributed by atoms with Gasteiger partial charge in [0, 0.05) is 19.0 Å². The first-order valence-electron chi connectivity index (χ1n) is 6.42. The number of amides is 3. The molecular formula is C12H23N3O4S. The Balaban J connectivity index is 3.96. The Morgan fingerprint density at radius 1 is 1.20 bits per heavy atom. The predicted molar refractivity (Wildman–Crippen MR) is 78.9 cm³/mol. The van der Waals surface area contributed by atoms with Crippen LogP contribution in [0.25, 0.3) is 0 Å². The summed E-state index contributed by atoms with van der Waals surface area (Å²) >= 11 is 1.51. The molecule has 0 saturated heterocycles. The smallest absolute Gasteiger partial charge is 0.326 e. The Labute approximate surface area is 123 Å². The molecule has 116 valence electrons. The van der Waals surface area contributed by atoms with E-state index in [9.17, 15) is 14.4 Å². The number of urea groups is 1. The number of rotatable bonds is 9. The van der Waals surface area contributed by atoms with Gasteiger partial charge in [-0.05, 0) is 32.3 Å². The highest BCUT2D eigenvalue weighted by Gasteiger charge is 2.19. The fourth-order valence-electron chi connectivity index (χ4n) is 1.39. The van der Waals surface area contributed by atoms with E-state index in [-0.39, 0.29) is 24.9 Å². The molecule has 3 amide bonds. The van der Waals surface area contributed by atoms with Crippen LogP contribution in [0.15, 0.2) is 0 Å². The van der Waals surface area contributed by atoms with Crippen LogP contribution in [-0.4, -0.2) is 53.7 Å². The van der Waals surface area contributed by atoms with Crippen molar-refractivity contribution in [2.24, 2.45) is 0 Å². The van der Waals surface area contributed by atoms with E-state index in [1.54, 1.807) is 0 Å². The van der Waals surface area contributed by atoms with E-state index in [1.807, 2.05) is 20.1 Å². The summed E-state index contributed by atoms with van der Waals surface area (Å²) in [6, 6.07) is -1.43. The molecule has 0 aliphatic heterocycles. The Morgan fingerprint density at radius 2 is 1.85 bits per heavy atom. The third-order valence-electron chi connectivity index (χ3n) is 2.30. The molecular weight excluding hydrogens is 282 g/mol. The van der Waals surface area contributed by atoms with E-state index >= 15 is 0 Å². The highest BCUT2D eigenvalue weighted by atomic mass is 32.2. The fraction of sp³-hybridized carbons (Fsp3) is 0.750. The topological polar surface area (TPSA) is 108 Å². The zero-order valence-corrected chi connectivity index (χ0v) is 12.9. The van der Waals surface area contributed by atoms with Gasteiger partial charge in [0.05, 0.1) is 0 Å². The number of hydrogen-bond acceptors (Lipinski definition) is 4. The zero-order chi connectivity index (χ0) is 15.5. The summed E-state index contributed by atoms with van der Waals surface area (Å²) < 4.78 is 0. The normalized spacial score (nSPS) is 11.8. The average Bonchev–Trinajstić information content (AvgIpc) is 2.33. The molecule has 0 aromatic carbocycles. The molecule has 8 heteroatoms. The summed E-state index contributed by atoms with van der Waals surface area (Å²) in [4.78, 5) is 33.8. The van der Waals surface area contributed by atoms with Crippen LogP contribution in [0.4, 0.5) is 4.79 Å². The van der Waals surface area contributed by atoms with Crippen molar-refractivity contribution in [2.45, 2.75) is 38.8 Å². The van der Waals surface area contributed by atoms with Gasteiger partial charge >= 0.3 is 12.0 Å². The Bertz CT molecular complexity index is 337. The average molecular weight is 305 g/mol. The largest absolute Gasteiger partial charge is 0.480 e. The number of nitrogens with one attached hydrogen (secondary N) is 3. The van der Waals surface area contributed by atoms with Crippen LogP contribution < -0.4 is 16.0 Å². The first-order valence-corrected chi connectivity index (χ1v) is 7.81. The minimum atomic E-state index is -1.06. The molecule has 20 heavy (non-hydrogen) atoms. The lowest BCUT2D eigenvalue weighted by atomic mass is 10.2. The summed E-state index contributed by atoms with van der Waals surface area (Å²) in [5.74, 6) is -0.571. The zero-order valence-electron chi connectivity index (χ0n) is 12.1. The van der Waals surface area contributed by atoms with Crippen molar-refractivity contribution >= 4 is 29.7 Å². The van der Waals surface area contributed by atoms with Gasteiger partial charge in [-0.3, -0.25) is 4.79 Å². The van der Waals surface area contributed by atoms with E-state index in [0.717, 1.165) is 0 Å². The van der Waals surface area contributed by atoms with Gasteiger partial charge in [-0.2, -0.15) is 11.8 Å². The maximum atomic E-state index is 11.5. The summed E-state index contributed by atoms with van der Waals surface area (Å²) in [6.07, 6.45) is 2.39. The molecule has 0 aliphatic carbocycles. The minimum Gasteiger partial charge on any atom is -0.480 e. The number of carboxylic acids is 1. The van der Waals surface area contributed by atoms with Crippen LogP contribution in [0.3, 0.4) is 0 Å². The Hall–Kier alpha value is -1.44. The molecule has 0 fully saturated rings. The second kappa shape index (κ2) is 10.4. The highest BCUT2D eigenvalue weighted by Crippen LogP contribution is 2.00. The number of carboxylic acid groups (broad SMARTS) is 1. The van der Waals surface area contributed by atoms with Crippen LogP contribution in [0.5, 0.6) is 0 Å². The van der Waals surface area contributed by atoms with Crippen LogP contribution in [0.2, 0.25) is 0 Å². The molecule has 0 radical (unpaired) electrons. The maximum Gasteiger partial charge on any atom is 0.326 e. The molecule has 0 bridgehead atoms. The maximum absolute atomic E-state index is 11.5. The number of thioether (sulfide) groups is 1. The van der Waals surface area contributed by atoms with Crippen LogP contribution in [0, 0.1) is 0 Å². The third kappa shape index (κ3) is 9.48. The van der Waals surface area contributed by atoms with Gasteiger partial charge in [-0.25, -0.2) is 9.59 Å². The van der Waals surface area contributed by atoms with E-state index in [0.29, 0.717) is 12.2 Å². The van der Waals surface area contributed by atoms with E-state index in [4.69, 9.17) is 5.11 Å². The Kier molecular flexibility index (Phi) is 9.61. The van der Waals surface area contributed by atoms with Gasteiger partial charge in [-0.15, -0.1) is 0 Å². The molecule has 0 unspecified atom stereocenters. The minimum absolute atomic E-state index is 0.0549. The van der Waals surface area contributed by atoms with Crippen molar-refractivity contribution in [3.8, 4) is 0 Å². The van der Waals surface area contributed by atoms with Gasteiger partial charge in [-0.1, -0.05) is 0 Å². The van der Waals surface area contributed by atoms with E-state index < -0.39 is 18.0 Å². The summed E-state index contributed by atoms with van der Waals surface area (Å²) in [5, 5.41) is 16.5. The van der Waals surface area contributed by atoms with Crippen LogP contribution in [-0.2, 0) is 9.59 Å². The first-order chi connectivity index (χ1) is 9.36. The number of hydrogen-bond donors (Lipinski definition) is 4. The van der Waals surface area contributed by atoms with Crippen molar-refractivity contribution < 1.29 is 19.5 Å². The lowest BCUT2D eigenvalue weighted by Crippen LogP contribution is -2.47. The number of carbonyl (C=O) groups excluding carboxylic acids is 2. The van der Waals surface area contributed by atoms with E-state index in [2.05, 4.69) is 16.0 Å². The third-order valence-corrected chi connectivity index (χ3v) is 2.95. The molecule has 0 spiro atoms. The highest BCUT2D eigenvalue weighted by molar-refractivity contribution is 7.98. The monoisotopic (exact) mass is 305 g/mol. The molecule has 1 atom stereocenters. The van der Waals surface area contributed by atoms with Crippen molar-refractivity contribution in [2.75, 3.05) is 18.6 Å². The molecule has 0 saturated carbocycles. The standard InChI is InChI=1S/C12H23N3O4S/c1-8(2)14-10(16)4-6-13-12(19)15-9(11(17)18)5-7-20-3/h8-9H,4-7H2,1-3H3,(H,14,16)(H,17,18)(H2,13,15,19)/t9-/m0/s1. The predicted octanol–water partition coefficient (Wildman–Crippen LogP) is 0.407. The summed E-state index contributed by atoms with van der Waals surface area (Å²) in [6.45, 7) is 3.86. The second-order valence-electron chi connectivity index (χ2n) is 4.54. The molecule has 0 aliphatic rings. The first kappa shape index (κ1) is 18.6. The summed E-state index contributed by atoms with van der Waals surface area (Å²) in [7, 11) is 0. The van der Waals surface area contributed by atoms with Gasteiger partial charge in [0.2, 0.25) is 5.91 Å². The van der Waals surface area contributed by atoms with Crippen LogP contribution >= 0.6 is 11.8 Å². The number of aliphatic carboxylic acids is 1. The molecule has 7 nitrogen and oxygen atoms in total. The molecule has 4 N–H and O–H groups in total. The lowest BCUT2D eigenvalue weighted by Gasteiger charge is -2.14. The number of carbonyl (C=O) groups is 3. The van der Waals surface area contributed by atoms with Crippen molar-refractivity contribution in [1.29, 1.82) is 0 Å². The van der Waals surface area contributed by atoms with Gasteiger partial charge in [0.25, 0.3) is 0 Å². The van der Waals surface area contributed by atoms with Gasteiger partial charge < -0.3 is 21.1 Å². The van der Waals surface area contributed by atoms with Crippen LogP contribution in [0.1, 0.15) is 26.7 Å². The van der Waals surface area contributed by atoms with Gasteiger partial charge in [0.15, 0.2) is 0 Å². The van der Waals surface area contributed by atoms with Crippen molar-refractivity contribution in [3.05, 3.63) is 0 Å². The Morgan fingerprint density at radius 3 is 2.35 bits per heavy atom. The van der Waals surface area contributed by atoms with Gasteiger partial charge in [0.1, 0.15) is 6.04 Å². The second-order valence-corrected chi connectivity index (χ2v) is 5.53. The van der Waals surface area contributed by atoms with Crippen molar-refractivity contribution in [3.63, 3.8) is 0 Å². The fourth-order valence-corrected chi connectivity index (χ4v) is 1.86. The molecule has 0 aromatic rings.